The molecule has 1 aliphatic carbocycles. The number of carbonyl (C=O) groups excluding carboxylic acids is 1. The fraction of sp³-hybridized carbons (Fsp3) is 0.375. The fourth-order valence-electron chi connectivity index (χ4n) is 2.64. The van der Waals surface area contributed by atoms with Gasteiger partial charge >= 0.3 is 0 Å². The summed E-state index contributed by atoms with van der Waals surface area (Å²) in [6, 6.07) is 10.3. The third-order valence-electron chi connectivity index (χ3n) is 4.09. The highest BCUT2D eigenvalue weighted by molar-refractivity contribution is 5.88. The Hall–Kier alpha value is -2.28. The Bertz CT molecular complexity index is 704. The first-order chi connectivity index (χ1) is 9.66. The Balaban J connectivity index is 1.67. The van der Waals surface area contributed by atoms with Crippen molar-refractivity contribution in [1.82, 2.24) is 10.3 Å². The summed E-state index contributed by atoms with van der Waals surface area (Å²) in [6.45, 7) is 2.62. The molecule has 0 aliphatic heterocycles. The molecule has 1 heterocycles. The van der Waals surface area contributed by atoms with Gasteiger partial charge in [0.2, 0.25) is 5.91 Å². The van der Waals surface area contributed by atoms with Crippen LogP contribution in [0.15, 0.2) is 24.3 Å². The zero-order valence-corrected chi connectivity index (χ0v) is 11.5. The van der Waals surface area contributed by atoms with Gasteiger partial charge in [0, 0.05) is 23.1 Å². The van der Waals surface area contributed by atoms with Crippen LogP contribution in [0.2, 0.25) is 0 Å². The number of aromatic nitrogens is 1. The Morgan fingerprint density at radius 2 is 2.20 bits per heavy atom. The van der Waals surface area contributed by atoms with E-state index < -0.39 is 5.41 Å². The molecule has 4 heteroatoms. The monoisotopic (exact) mass is 267 g/mol. The maximum absolute atomic E-state index is 11.9. The molecule has 1 saturated carbocycles. The molecule has 1 aliphatic rings. The van der Waals surface area contributed by atoms with Crippen molar-refractivity contribution in [2.24, 2.45) is 5.41 Å². The Morgan fingerprint density at radius 3 is 2.90 bits per heavy atom. The highest BCUT2D eigenvalue weighted by Gasteiger charge is 2.50. The molecule has 4 nitrogen and oxygen atoms in total. The molecule has 2 aromatic rings. The van der Waals surface area contributed by atoms with Crippen LogP contribution in [0.4, 0.5) is 0 Å². The summed E-state index contributed by atoms with van der Waals surface area (Å²) in [4.78, 5) is 15.2. The van der Waals surface area contributed by atoms with Gasteiger partial charge in [0.1, 0.15) is 5.41 Å². The topological polar surface area (TPSA) is 68.7 Å². The highest BCUT2D eigenvalue weighted by atomic mass is 16.2. The van der Waals surface area contributed by atoms with Crippen LogP contribution in [0.5, 0.6) is 0 Å². The van der Waals surface area contributed by atoms with E-state index >= 15 is 0 Å². The lowest BCUT2D eigenvalue weighted by Gasteiger charge is -2.08. The summed E-state index contributed by atoms with van der Waals surface area (Å²) in [7, 11) is 0. The predicted octanol–water partition coefficient (Wildman–Crippen LogP) is 2.44. The normalized spacial score (nSPS) is 15.8. The lowest BCUT2D eigenvalue weighted by Crippen LogP contribution is -2.32. The van der Waals surface area contributed by atoms with Crippen LogP contribution in [0, 0.1) is 23.7 Å². The van der Waals surface area contributed by atoms with Crippen LogP contribution in [-0.2, 0) is 11.2 Å². The molecule has 1 aromatic carbocycles. The number of carbonyl (C=O) groups is 1. The van der Waals surface area contributed by atoms with Gasteiger partial charge < -0.3 is 10.3 Å². The van der Waals surface area contributed by atoms with Crippen molar-refractivity contribution >= 4 is 16.8 Å². The number of rotatable bonds is 4. The third-order valence-corrected chi connectivity index (χ3v) is 4.09. The second-order valence-corrected chi connectivity index (χ2v) is 5.47. The van der Waals surface area contributed by atoms with Crippen LogP contribution in [0.25, 0.3) is 10.9 Å². The molecule has 2 N–H and O–H groups in total. The second-order valence-electron chi connectivity index (χ2n) is 5.47. The number of para-hydroxylation sites is 1. The number of aryl methyl sites for hydroxylation is 1. The van der Waals surface area contributed by atoms with Gasteiger partial charge in [-0.3, -0.25) is 4.79 Å². The lowest BCUT2D eigenvalue weighted by molar-refractivity contribution is -0.124. The Kier molecular flexibility index (Phi) is 2.98. The first-order valence-corrected chi connectivity index (χ1v) is 6.92. The summed E-state index contributed by atoms with van der Waals surface area (Å²) in [5.74, 6) is -0.113. The number of aromatic amines is 1. The van der Waals surface area contributed by atoms with E-state index in [-0.39, 0.29) is 5.91 Å². The third kappa shape index (κ3) is 2.05. The summed E-state index contributed by atoms with van der Waals surface area (Å²) in [6.07, 6.45) is 2.17. The van der Waals surface area contributed by atoms with Crippen molar-refractivity contribution in [3.8, 4) is 6.07 Å². The van der Waals surface area contributed by atoms with Crippen molar-refractivity contribution in [2.45, 2.75) is 26.2 Å². The van der Waals surface area contributed by atoms with Crippen molar-refractivity contribution < 1.29 is 4.79 Å². The van der Waals surface area contributed by atoms with E-state index in [0.29, 0.717) is 19.4 Å². The van der Waals surface area contributed by atoms with E-state index in [1.807, 2.05) is 12.1 Å². The molecule has 0 saturated heterocycles. The molecule has 1 fully saturated rings. The average Bonchev–Trinajstić information content (AvgIpc) is 3.19. The second kappa shape index (κ2) is 4.68. The van der Waals surface area contributed by atoms with Gasteiger partial charge in [-0.25, -0.2) is 0 Å². The average molecular weight is 267 g/mol. The van der Waals surface area contributed by atoms with E-state index in [1.54, 1.807) is 0 Å². The van der Waals surface area contributed by atoms with E-state index in [9.17, 15) is 4.79 Å². The molecule has 1 amide bonds. The summed E-state index contributed by atoms with van der Waals surface area (Å²) >= 11 is 0. The van der Waals surface area contributed by atoms with Crippen molar-refractivity contribution in [3.05, 3.63) is 35.5 Å². The maximum Gasteiger partial charge on any atom is 0.240 e. The SMILES string of the molecule is Cc1[nH]c2ccccc2c1CCNC(=O)C1(C#N)CC1. The van der Waals surface area contributed by atoms with Gasteiger partial charge in [-0.05, 0) is 37.8 Å². The summed E-state index contributed by atoms with van der Waals surface area (Å²) in [5.41, 5.74) is 2.78. The first-order valence-electron chi connectivity index (χ1n) is 6.92. The smallest absolute Gasteiger partial charge is 0.240 e. The number of nitriles is 1. The highest BCUT2D eigenvalue weighted by Crippen LogP contribution is 2.44. The van der Waals surface area contributed by atoms with Gasteiger partial charge in [0.15, 0.2) is 0 Å². The minimum absolute atomic E-state index is 0.113. The Morgan fingerprint density at radius 1 is 1.45 bits per heavy atom. The van der Waals surface area contributed by atoms with Crippen LogP contribution in [0.1, 0.15) is 24.1 Å². The number of hydrogen-bond acceptors (Lipinski definition) is 2. The standard InChI is InChI=1S/C16H17N3O/c1-11-12(13-4-2-3-5-14(13)19-11)6-9-18-15(20)16(10-17)7-8-16/h2-5,19H,6-9H2,1H3,(H,18,20). The van der Waals surface area contributed by atoms with Gasteiger partial charge in [0.25, 0.3) is 0 Å². The van der Waals surface area contributed by atoms with E-state index in [1.165, 1.54) is 10.9 Å². The number of benzene rings is 1. The van der Waals surface area contributed by atoms with E-state index in [4.69, 9.17) is 5.26 Å². The zero-order chi connectivity index (χ0) is 14.2. The Labute approximate surface area is 117 Å². The molecule has 0 unspecified atom stereocenters. The van der Waals surface area contributed by atoms with Gasteiger partial charge in [-0.2, -0.15) is 5.26 Å². The number of H-pyrrole nitrogens is 1. The minimum Gasteiger partial charge on any atom is -0.358 e. The van der Waals surface area contributed by atoms with Crippen LogP contribution < -0.4 is 5.32 Å². The van der Waals surface area contributed by atoms with Crippen molar-refractivity contribution in [1.29, 1.82) is 5.26 Å². The number of fused-ring (bicyclic) bond motifs is 1. The van der Waals surface area contributed by atoms with Crippen LogP contribution >= 0.6 is 0 Å². The predicted molar refractivity (Wildman–Crippen MR) is 77.0 cm³/mol. The summed E-state index contributed by atoms with van der Waals surface area (Å²) < 4.78 is 0. The number of nitrogens with zero attached hydrogens (tertiary/aromatic N) is 1. The minimum atomic E-state index is -0.727. The molecule has 0 radical (unpaired) electrons. The van der Waals surface area contributed by atoms with Gasteiger partial charge in [-0.1, -0.05) is 18.2 Å². The van der Waals surface area contributed by atoms with E-state index in [0.717, 1.165) is 17.6 Å². The molecule has 0 atom stereocenters. The molecule has 1 aromatic heterocycles. The van der Waals surface area contributed by atoms with Gasteiger partial charge in [-0.15, -0.1) is 0 Å². The quantitative estimate of drug-likeness (QED) is 0.893. The maximum atomic E-state index is 11.9. The van der Waals surface area contributed by atoms with Crippen LogP contribution in [-0.4, -0.2) is 17.4 Å². The lowest BCUT2D eigenvalue weighted by atomic mass is 10.1. The largest absolute Gasteiger partial charge is 0.358 e. The molecule has 102 valence electrons. The van der Waals surface area contributed by atoms with E-state index in [2.05, 4.69) is 35.4 Å². The number of nitrogens with one attached hydrogen (secondary N) is 2. The molecular weight excluding hydrogens is 250 g/mol. The molecule has 0 bridgehead atoms. The molecule has 0 spiro atoms. The first kappa shape index (κ1) is 12.7. The van der Waals surface area contributed by atoms with Crippen molar-refractivity contribution in [2.75, 3.05) is 6.54 Å². The number of hydrogen-bond donors (Lipinski definition) is 2. The molecule has 3 rings (SSSR count). The number of amides is 1. The molecular formula is C16H17N3O. The van der Waals surface area contributed by atoms with Crippen LogP contribution in [0.3, 0.4) is 0 Å². The molecule has 20 heavy (non-hydrogen) atoms. The fourth-order valence-corrected chi connectivity index (χ4v) is 2.64. The zero-order valence-electron chi connectivity index (χ0n) is 11.5. The van der Waals surface area contributed by atoms with Gasteiger partial charge in [0.05, 0.1) is 6.07 Å². The van der Waals surface area contributed by atoms with Crippen molar-refractivity contribution in [3.63, 3.8) is 0 Å². The summed E-state index contributed by atoms with van der Waals surface area (Å²) in [5, 5.41) is 13.1.